The summed E-state index contributed by atoms with van der Waals surface area (Å²) in [4.78, 5) is 12.6. The summed E-state index contributed by atoms with van der Waals surface area (Å²) in [5.74, 6) is 0.483. The molecule has 25 heavy (non-hydrogen) atoms. The molecule has 0 bridgehead atoms. The molecule has 0 aromatic heterocycles. The van der Waals surface area contributed by atoms with Crippen LogP contribution >= 0.6 is 11.6 Å². The molecule has 2 rings (SSSR count). The number of rotatable bonds is 6. The molecule has 0 unspecified atom stereocenters. The maximum atomic E-state index is 12.6. The topological polar surface area (TPSA) is 38.3 Å². The van der Waals surface area contributed by atoms with Crippen LogP contribution in [0.5, 0.6) is 5.75 Å². The van der Waals surface area contributed by atoms with Crippen LogP contribution < -0.4 is 10.1 Å². The van der Waals surface area contributed by atoms with Crippen molar-refractivity contribution in [2.75, 3.05) is 0 Å². The summed E-state index contributed by atoms with van der Waals surface area (Å²) in [5, 5.41) is 3.66. The van der Waals surface area contributed by atoms with Crippen LogP contribution in [0.2, 0.25) is 5.02 Å². The van der Waals surface area contributed by atoms with Crippen molar-refractivity contribution in [2.45, 2.75) is 53.2 Å². The molecule has 0 aliphatic rings. The van der Waals surface area contributed by atoms with Gasteiger partial charge in [-0.2, -0.15) is 0 Å². The number of aryl methyl sites for hydroxylation is 3. The Balaban J connectivity index is 2.09. The van der Waals surface area contributed by atoms with E-state index in [4.69, 9.17) is 16.3 Å². The van der Waals surface area contributed by atoms with Gasteiger partial charge in [0.25, 0.3) is 5.91 Å². The zero-order valence-corrected chi connectivity index (χ0v) is 16.3. The first kappa shape index (κ1) is 19.3. The number of nitrogens with one attached hydrogen (secondary N) is 1. The van der Waals surface area contributed by atoms with Gasteiger partial charge in [0.15, 0.2) is 6.10 Å². The average molecular weight is 360 g/mol. The molecule has 2 aromatic carbocycles. The highest BCUT2D eigenvalue weighted by molar-refractivity contribution is 6.30. The highest BCUT2D eigenvalue weighted by Crippen LogP contribution is 2.23. The van der Waals surface area contributed by atoms with E-state index in [2.05, 4.69) is 38.2 Å². The van der Waals surface area contributed by atoms with E-state index in [1.165, 1.54) is 16.7 Å². The Morgan fingerprint density at radius 2 is 1.80 bits per heavy atom. The smallest absolute Gasteiger partial charge is 0.261 e. The van der Waals surface area contributed by atoms with E-state index in [1.807, 2.05) is 19.9 Å². The van der Waals surface area contributed by atoms with Crippen LogP contribution in [0.15, 0.2) is 36.4 Å². The highest BCUT2D eigenvalue weighted by atomic mass is 35.5. The number of carbonyl (C=O) groups is 1. The van der Waals surface area contributed by atoms with Crippen LogP contribution in [-0.2, 0) is 4.79 Å². The molecular weight excluding hydrogens is 334 g/mol. The first-order chi connectivity index (χ1) is 11.8. The molecule has 1 N–H and O–H groups in total. The van der Waals surface area contributed by atoms with Crippen molar-refractivity contribution >= 4 is 17.5 Å². The molecule has 0 spiro atoms. The summed E-state index contributed by atoms with van der Waals surface area (Å²) in [5.41, 5.74) is 4.80. The van der Waals surface area contributed by atoms with Crippen LogP contribution in [0.3, 0.4) is 0 Å². The standard InChI is InChI=1S/C21H26ClNO2/c1-6-20(25-18-9-7-8-17(22)12-18)21(24)23-16(5)19-11-14(3)13(2)10-15(19)4/h7-12,16,20H,6H2,1-5H3,(H,23,24)/t16-,20+/m0/s1. The third kappa shape index (κ3) is 4.99. The Kier molecular flexibility index (Phi) is 6.49. The van der Waals surface area contributed by atoms with Crippen LogP contribution in [0.25, 0.3) is 0 Å². The molecule has 0 fully saturated rings. The molecule has 134 valence electrons. The molecule has 2 aromatic rings. The molecular formula is C21H26ClNO2. The van der Waals surface area contributed by atoms with Gasteiger partial charge in [0.05, 0.1) is 6.04 Å². The van der Waals surface area contributed by atoms with Crippen molar-refractivity contribution < 1.29 is 9.53 Å². The Hall–Kier alpha value is -2.00. The Morgan fingerprint density at radius 1 is 1.12 bits per heavy atom. The van der Waals surface area contributed by atoms with E-state index >= 15 is 0 Å². The molecule has 0 radical (unpaired) electrons. The minimum absolute atomic E-state index is 0.0798. The lowest BCUT2D eigenvalue weighted by Gasteiger charge is -2.22. The van der Waals surface area contributed by atoms with Crippen molar-refractivity contribution in [3.05, 3.63) is 63.7 Å². The van der Waals surface area contributed by atoms with Gasteiger partial charge >= 0.3 is 0 Å². The monoisotopic (exact) mass is 359 g/mol. The van der Waals surface area contributed by atoms with Gasteiger partial charge in [0.1, 0.15) is 5.75 Å². The number of hydrogen-bond acceptors (Lipinski definition) is 2. The zero-order chi connectivity index (χ0) is 18.6. The number of benzene rings is 2. The van der Waals surface area contributed by atoms with Crippen molar-refractivity contribution in [1.29, 1.82) is 0 Å². The maximum Gasteiger partial charge on any atom is 0.261 e. The first-order valence-corrected chi connectivity index (χ1v) is 9.00. The molecule has 3 nitrogen and oxygen atoms in total. The predicted octanol–water partition coefficient (Wildman–Crippen LogP) is 5.30. The SMILES string of the molecule is CC[C@@H](Oc1cccc(Cl)c1)C(=O)N[C@@H](C)c1cc(C)c(C)cc1C. The third-order valence-corrected chi connectivity index (χ3v) is 4.68. The van der Waals surface area contributed by atoms with Gasteiger partial charge in [-0.3, -0.25) is 4.79 Å². The molecule has 1 amide bonds. The second-order valence-electron chi connectivity index (χ2n) is 6.50. The lowest BCUT2D eigenvalue weighted by atomic mass is 9.96. The van der Waals surface area contributed by atoms with E-state index in [0.29, 0.717) is 17.2 Å². The van der Waals surface area contributed by atoms with Gasteiger partial charge < -0.3 is 10.1 Å². The fourth-order valence-electron chi connectivity index (χ4n) is 2.86. The van der Waals surface area contributed by atoms with Gasteiger partial charge in [0.2, 0.25) is 0 Å². The van der Waals surface area contributed by atoms with Gasteiger partial charge in [0, 0.05) is 5.02 Å². The van der Waals surface area contributed by atoms with Crippen LogP contribution in [0.4, 0.5) is 0 Å². The molecule has 2 atom stereocenters. The van der Waals surface area contributed by atoms with Crippen LogP contribution in [0, 0.1) is 20.8 Å². The summed E-state index contributed by atoms with van der Waals surface area (Å²) in [6.07, 6.45) is 0.0320. The number of hydrogen-bond donors (Lipinski definition) is 1. The van der Waals surface area contributed by atoms with Crippen molar-refractivity contribution in [3.8, 4) is 5.75 Å². The fourth-order valence-corrected chi connectivity index (χ4v) is 3.04. The molecule has 0 aliphatic carbocycles. The average Bonchev–Trinajstić information content (AvgIpc) is 2.55. The first-order valence-electron chi connectivity index (χ1n) is 8.62. The summed E-state index contributed by atoms with van der Waals surface area (Å²) in [6, 6.07) is 11.3. The van der Waals surface area contributed by atoms with Crippen LogP contribution in [0.1, 0.15) is 48.6 Å². The molecule has 0 heterocycles. The number of amides is 1. The van der Waals surface area contributed by atoms with Crippen LogP contribution in [-0.4, -0.2) is 12.0 Å². The normalized spacial score (nSPS) is 13.2. The summed E-state index contributed by atoms with van der Waals surface area (Å²) in [6.45, 7) is 10.2. The van der Waals surface area contributed by atoms with E-state index in [9.17, 15) is 4.79 Å². The van der Waals surface area contributed by atoms with E-state index in [-0.39, 0.29) is 11.9 Å². The fraction of sp³-hybridized carbons (Fsp3) is 0.381. The molecule has 0 saturated carbocycles. The summed E-state index contributed by atoms with van der Waals surface area (Å²) in [7, 11) is 0. The quantitative estimate of drug-likeness (QED) is 0.760. The Morgan fingerprint density at radius 3 is 2.44 bits per heavy atom. The van der Waals surface area contributed by atoms with E-state index < -0.39 is 6.10 Å². The minimum Gasteiger partial charge on any atom is -0.481 e. The maximum absolute atomic E-state index is 12.6. The molecule has 0 aliphatic heterocycles. The largest absolute Gasteiger partial charge is 0.481 e. The Labute approximate surface area is 155 Å². The second kappa shape index (κ2) is 8.39. The lowest BCUT2D eigenvalue weighted by Crippen LogP contribution is -2.39. The van der Waals surface area contributed by atoms with Crippen molar-refractivity contribution in [2.24, 2.45) is 0 Å². The second-order valence-corrected chi connectivity index (χ2v) is 6.93. The molecule has 0 saturated heterocycles. The molecule has 4 heteroatoms. The van der Waals surface area contributed by atoms with E-state index in [1.54, 1.807) is 18.2 Å². The van der Waals surface area contributed by atoms with Gasteiger partial charge in [-0.05, 0) is 74.6 Å². The van der Waals surface area contributed by atoms with Gasteiger partial charge in [-0.25, -0.2) is 0 Å². The van der Waals surface area contributed by atoms with Crippen molar-refractivity contribution in [3.63, 3.8) is 0 Å². The highest BCUT2D eigenvalue weighted by Gasteiger charge is 2.21. The van der Waals surface area contributed by atoms with E-state index in [0.717, 1.165) is 5.56 Å². The number of halogens is 1. The van der Waals surface area contributed by atoms with Gasteiger partial charge in [-0.15, -0.1) is 0 Å². The Bertz CT molecular complexity index is 758. The third-order valence-electron chi connectivity index (χ3n) is 4.45. The van der Waals surface area contributed by atoms with Crippen molar-refractivity contribution in [1.82, 2.24) is 5.32 Å². The summed E-state index contributed by atoms with van der Waals surface area (Å²) < 4.78 is 5.82. The number of ether oxygens (including phenoxy) is 1. The summed E-state index contributed by atoms with van der Waals surface area (Å²) >= 11 is 5.98. The number of carbonyl (C=O) groups excluding carboxylic acids is 1. The van der Waals surface area contributed by atoms with Gasteiger partial charge in [-0.1, -0.05) is 36.7 Å². The predicted molar refractivity (Wildman–Crippen MR) is 103 cm³/mol. The zero-order valence-electron chi connectivity index (χ0n) is 15.5. The lowest BCUT2D eigenvalue weighted by molar-refractivity contribution is -0.128. The minimum atomic E-state index is -0.548.